The third kappa shape index (κ3) is 4.79. The number of aliphatic hydroxyl groups excluding tert-OH is 1. The van der Waals surface area contributed by atoms with Gasteiger partial charge in [0, 0.05) is 19.6 Å². The molecule has 0 spiro atoms. The Morgan fingerprint density at radius 1 is 1.07 bits per heavy atom. The van der Waals surface area contributed by atoms with Crippen LogP contribution >= 0.6 is 23.2 Å². The number of para-hydroxylation sites is 1. The molecule has 0 fully saturated rings. The number of benzene rings is 2. The van der Waals surface area contributed by atoms with Crippen molar-refractivity contribution in [1.82, 2.24) is 4.90 Å². The van der Waals surface area contributed by atoms with Gasteiger partial charge in [0.05, 0.1) is 24.3 Å². The number of rotatable bonds is 7. The van der Waals surface area contributed by atoms with Gasteiger partial charge in [-0.25, -0.2) is 0 Å². The van der Waals surface area contributed by atoms with Crippen molar-refractivity contribution in [2.75, 3.05) is 33.9 Å². The first kappa shape index (κ1) is 20.1. The summed E-state index contributed by atoms with van der Waals surface area (Å²) in [5.74, 6) is 1.87. The average molecular weight is 412 g/mol. The molecule has 1 atom stereocenters. The van der Waals surface area contributed by atoms with Crippen molar-refractivity contribution in [2.45, 2.75) is 19.1 Å². The van der Waals surface area contributed by atoms with Gasteiger partial charge in [-0.3, -0.25) is 4.90 Å². The Balaban J connectivity index is 1.59. The Hall–Kier alpha value is -1.66. The van der Waals surface area contributed by atoms with Crippen LogP contribution in [0.1, 0.15) is 11.1 Å². The van der Waals surface area contributed by atoms with Crippen LogP contribution in [0.4, 0.5) is 0 Å². The summed E-state index contributed by atoms with van der Waals surface area (Å²) in [6, 6.07) is 9.20. The number of halogens is 2. The fraction of sp³-hybridized carbons (Fsp3) is 0.400. The molecule has 0 unspecified atom stereocenters. The third-order valence-corrected chi connectivity index (χ3v) is 5.20. The lowest BCUT2D eigenvalue weighted by molar-refractivity contribution is 0.0638. The molecule has 0 aromatic heterocycles. The maximum absolute atomic E-state index is 10.4. The van der Waals surface area contributed by atoms with Crippen molar-refractivity contribution in [3.05, 3.63) is 51.5 Å². The van der Waals surface area contributed by atoms with Gasteiger partial charge in [-0.1, -0.05) is 29.3 Å². The molecule has 0 amide bonds. The van der Waals surface area contributed by atoms with E-state index in [1.54, 1.807) is 32.4 Å². The molecule has 0 aliphatic carbocycles. The minimum Gasteiger partial charge on any atom is -0.493 e. The zero-order valence-corrected chi connectivity index (χ0v) is 16.9. The maximum atomic E-state index is 10.4. The predicted octanol–water partition coefficient (Wildman–Crippen LogP) is 3.81. The van der Waals surface area contributed by atoms with Crippen molar-refractivity contribution in [2.24, 2.45) is 0 Å². The van der Waals surface area contributed by atoms with E-state index in [-0.39, 0.29) is 6.61 Å². The Kier molecular flexibility index (Phi) is 6.71. The van der Waals surface area contributed by atoms with Crippen LogP contribution in [0.3, 0.4) is 0 Å². The van der Waals surface area contributed by atoms with Crippen LogP contribution in [0, 0.1) is 0 Å². The standard InChI is InChI=1S/C20H23Cl2NO4/c1-25-18-8-13-6-7-23(10-14(13)9-19(18)26-2)11-15(24)12-27-20-16(21)4-3-5-17(20)22/h3-5,8-9,15,24H,6-7,10-12H2,1-2H3/t15-/m1/s1. The lowest BCUT2D eigenvalue weighted by Gasteiger charge is -2.31. The van der Waals surface area contributed by atoms with Gasteiger partial charge in [0.2, 0.25) is 0 Å². The monoisotopic (exact) mass is 411 g/mol. The summed E-state index contributed by atoms with van der Waals surface area (Å²) < 4.78 is 16.4. The van der Waals surface area contributed by atoms with Gasteiger partial charge >= 0.3 is 0 Å². The van der Waals surface area contributed by atoms with Gasteiger partial charge < -0.3 is 19.3 Å². The molecule has 1 aliphatic heterocycles. The lowest BCUT2D eigenvalue weighted by Crippen LogP contribution is -2.38. The van der Waals surface area contributed by atoms with E-state index < -0.39 is 6.10 Å². The largest absolute Gasteiger partial charge is 0.493 e. The van der Waals surface area contributed by atoms with Crippen molar-refractivity contribution in [1.29, 1.82) is 0 Å². The molecule has 0 saturated heterocycles. The highest BCUT2D eigenvalue weighted by atomic mass is 35.5. The number of ether oxygens (including phenoxy) is 3. The zero-order chi connectivity index (χ0) is 19.4. The van der Waals surface area contributed by atoms with E-state index in [0.29, 0.717) is 22.3 Å². The summed E-state index contributed by atoms with van der Waals surface area (Å²) in [7, 11) is 3.27. The van der Waals surface area contributed by atoms with Crippen molar-refractivity contribution in [3.63, 3.8) is 0 Å². The zero-order valence-electron chi connectivity index (χ0n) is 15.4. The molecule has 2 aromatic carbocycles. The third-order valence-electron chi connectivity index (χ3n) is 4.61. The molecular weight excluding hydrogens is 389 g/mol. The van der Waals surface area contributed by atoms with Crippen molar-refractivity contribution < 1.29 is 19.3 Å². The molecule has 1 aliphatic rings. The van der Waals surface area contributed by atoms with Crippen LogP contribution in [0.5, 0.6) is 17.2 Å². The summed E-state index contributed by atoms with van der Waals surface area (Å²) in [5.41, 5.74) is 2.43. The molecule has 146 valence electrons. The van der Waals surface area contributed by atoms with Gasteiger partial charge in [0.15, 0.2) is 17.2 Å². The fourth-order valence-electron chi connectivity index (χ4n) is 3.25. The average Bonchev–Trinajstić information content (AvgIpc) is 2.66. The summed E-state index contributed by atoms with van der Waals surface area (Å²) in [5, 5.41) is 11.2. The number of aliphatic hydroxyl groups is 1. The molecule has 5 nitrogen and oxygen atoms in total. The molecule has 0 bridgehead atoms. The number of methoxy groups -OCH3 is 2. The molecule has 27 heavy (non-hydrogen) atoms. The second kappa shape index (κ2) is 9.02. The highest BCUT2D eigenvalue weighted by Gasteiger charge is 2.22. The van der Waals surface area contributed by atoms with E-state index in [1.807, 2.05) is 12.1 Å². The highest BCUT2D eigenvalue weighted by molar-refractivity contribution is 6.37. The molecule has 0 saturated carbocycles. The molecule has 2 aromatic rings. The normalized spacial score (nSPS) is 15.1. The number of β-amino-alcohol motifs (C(OH)–C–C–N with tert-alkyl or cyclic N) is 1. The summed E-state index contributed by atoms with van der Waals surface area (Å²) in [6.07, 6.45) is 0.235. The summed E-state index contributed by atoms with van der Waals surface area (Å²) in [6.45, 7) is 2.21. The molecule has 1 heterocycles. The van der Waals surface area contributed by atoms with Crippen LogP contribution in [0.2, 0.25) is 10.0 Å². The van der Waals surface area contributed by atoms with Crippen LogP contribution < -0.4 is 14.2 Å². The van der Waals surface area contributed by atoms with E-state index >= 15 is 0 Å². The van der Waals surface area contributed by atoms with E-state index in [0.717, 1.165) is 31.0 Å². The smallest absolute Gasteiger partial charge is 0.161 e. The maximum Gasteiger partial charge on any atom is 0.161 e. The predicted molar refractivity (Wildman–Crippen MR) is 106 cm³/mol. The Labute approximate surface area is 169 Å². The van der Waals surface area contributed by atoms with Gasteiger partial charge in [0.25, 0.3) is 0 Å². The SMILES string of the molecule is COc1cc2c(cc1OC)CN(C[C@@H](O)COc1c(Cl)cccc1Cl)CC2. The lowest BCUT2D eigenvalue weighted by atomic mass is 9.98. The minimum atomic E-state index is -0.654. The summed E-state index contributed by atoms with van der Waals surface area (Å²) >= 11 is 12.2. The fourth-order valence-corrected chi connectivity index (χ4v) is 3.75. The first-order valence-corrected chi connectivity index (χ1v) is 9.48. The summed E-state index contributed by atoms with van der Waals surface area (Å²) in [4.78, 5) is 2.19. The van der Waals surface area contributed by atoms with Gasteiger partial charge in [-0.2, -0.15) is 0 Å². The molecule has 0 radical (unpaired) electrons. The van der Waals surface area contributed by atoms with Crippen LogP contribution in [0.15, 0.2) is 30.3 Å². The van der Waals surface area contributed by atoms with E-state index in [2.05, 4.69) is 4.90 Å². The van der Waals surface area contributed by atoms with Crippen molar-refractivity contribution >= 4 is 23.2 Å². The Morgan fingerprint density at radius 3 is 2.33 bits per heavy atom. The number of hydrogen-bond donors (Lipinski definition) is 1. The topological polar surface area (TPSA) is 51.2 Å². The number of hydrogen-bond acceptors (Lipinski definition) is 5. The quantitative estimate of drug-likeness (QED) is 0.750. The van der Waals surface area contributed by atoms with Crippen molar-refractivity contribution in [3.8, 4) is 17.2 Å². The number of nitrogens with zero attached hydrogens (tertiary/aromatic N) is 1. The van der Waals surface area contributed by atoms with Crippen LogP contribution in [0.25, 0.3) is 0 Å². The number of fused-ring (bicyclic) bond motifs is 1. The van der Waals surface area contributed by atoms with Gasteiger partial charge in [0.1, 0.15) is 12.7 Å². The molecule has 1 N–H and O–H groups in total. The minimum absolute atomic E-state index is 0.124. The highest BCUT2D eigenvalue weighted by Crippen LogP contribution is 2.34. The second-order valence-electron chi connectivity index (χ2n) is 6.48. The van der Waals surface area contributed by atoms with Gasteiger partial charge in [-0.15, -0.1) is 0 Å². The Bertz CT molecular complexity index is 780. The first-order valence-electron chi connectivity index (χ1n) is 8.72. The Morgan fingerprint density at radius 2 is 1.70 bits per heavy atom. The molecule has 7 heteroatoms. The van der Waals surface area contributed by atoms with Crippen LogP contribution in [-0.2, 0) is 13.0 Å². The van der Waals surface area contributed by atoms with E-state index in [9.17, 15) is 5.11 Å². The van der Waals surface area contributed by atoms with E-state index in [1.165, 1.54) is 11.1 Å². The van der Waals surface area contributed by atoms with Gasteiger partial charge in [-0.05, 0) is 41.8 Å². The van der Waals surface area contributed by atoms with Crippen LogP contribution in [-0.4, -0.2) is 50.0 Å². The molecular formula is C20H23Cl2NO4. The first-order chi connectivity index (χ1) is 13.0. The molecule has 3 rings (SSSR count). The van der Waals surface area contributed by atoms with E-state index in [4.69, 9.17) is 37.4 Å². The second-order valence-corrected chi connectivity index (χ2v) is 7.29.